The molecule has 0 heterocycles. The van der Waals surface area contributed by atoms with Crippen molar-refractivity contribution in [2.75, 3.05) is 20.7 Å². The lowest BCUT2D eigenvalue weighted by atomic mass is 10.0. The molecule has 0 radical (unpaired) electrons. The summed E-state index contributed by atoms with van der Waals surface area (Å²) in [6, 6.07) is 8.95. The van der Waals surface area contributed by atoms with E-state index in [0.717, 1.165) is 15.9 Å². The summed E-state index contributed by atoms with van der Waals surface area (Å²) in [6.07, 6.45) is -0.100. The molecule has 1 amide bonds. The fraction of sp³-hybridized carbons (Fsp3) is 0.333. The minimum Gasteiger partial charge on any atom is -0.466 e. The molecule has 10 heteroatoms. The zero-order chi connectivity index (χ0) is 23.3. The van der Waals surface area contributed by atoms with Gasteiger partial charge < -0.3 is 10.1 Å². The molecule has 0 aliphatic heterocycles. The Hall–Kier alpha value is -2.13. The summed E-state index contributed by atoms with van der Waals surface area (Å²) in [5, 5.41) is 2.64. The number of hydrogen-bond acceptors (Lipinski definition) is 5. The topological polar surface area (TPSA) is 92.8 Å². The van der Waals surface area contributed by atoms with Crippen molar-refractivity contribution in [2.45, 2.75) is 31.2 Å². The molecule has 1 N–H and O–H groups in total. The van der Waals surface area contributed by atoms with Gasteiger partial charge >= 0.3 is 5.97 Å². The van der Waals surface area contributed by atoms with E-state index >= 15 is 0 Å². The van der Waals surface area contributed by atoms with Crippen molar-refractivity contribution in [3.63, 3.8) is 0 Å². The van der Waals surface area contributed by atoms with Gasteiger partial charge in [-0.1, -0.05) is 53.0 Å². The van der Waals surface area contributed by atoms with E-state index in [4.69, 9.17) is 27.9 Å². The summed E-state index contributed by atoms with van der Waals surface area (Å²) >= 11 is 12.3. The number of nitrogens with one attached hydrogen (secondary N) is 1. The number of rotatable bonds is 8. The van der Waals surface area contributed by atoms with Gasteiger partial charge in [-0.15, -0.1) is 0 Å². The number of hydrogen-bond donors (Lipinski definition) is 1. The number of amides is 1. The smallest absolute Gasteiger partial charge is 0.308 e. The van der Waals surface area contributed by atoms with Crippen LogP contribution in [0.2, 0.25) is 10.0 Å². The second kappa shape index (κ2) is 10.5. The second-order valence-electron chi connectivity index (χ2n) is 7.00. The fourth-order valence-electron chi connectivity index (χ4n) is 2.77. The molecule has 0 saturated heterocycles. The van der Waals surface area contributed by atoms with Gasteiger partial charge in [0.2, 0.25) is 10.0 Å². The number of sulfonamides is 1. The number of esters is 1. The van der Waals surface area contributed by atoms with Crippen molar-refractivity contribution in [1.82, 2.24) is 9.62 Å². The van der Waals surface area contributed by atoms with Gasteiger partial charge in [-0.3, -0.25) is 9.59 Å². The average molecular weight is 487 g/mol. The van der Waals surface area contributed by atoms with E-state index in [0.29, 0.717) is 5.56 Å². The maximum Gasteiger partial charge on any atom is 0.308 e. The first-order chi connectivity index (χ1) is 14.5. The minimum absolute atomic E-state index is 0.0148. The molecule has 0 fully saturated rings. The van der Waals surface area contributed by atoms with E-state index in [1.165, 1.54) is 20.2 Å². The van der Waals surface area contributed by atoms with Gasteiger partial charge in [-0.25, -0.2) is 12.7 Å². The summed E-state index contributed by atoms with van der Waals surface area (Å²) < 4.78 is 31.1. The van der Waals surface area contributed by atoms with Crippen molar-refractivity contribution < 1.29 is 22.7 Å². The van der Waals surface area contributed by atoms with Crippen molar-refractivity contribution in [1.29, 1.82) is 0 Å². The van der Waals surface area contributed by atoms with Crippen LogP contribution in [0.25, 0.3) is 0 Å². The third-order valence-electron chi connectivity index (χ3n) is 4.49. The summed E-state index contributed by atoms with van der Waals surface area (Å²) in [7, 11) is -1.20. The molecule has 1 atom stereocenters. The van der Waals surface area contributed by atoms with Crippen LogP contribution in [0.1, 0.15) is 40.9 Å². The largest absolute Gasteiger partial charge is 0.466 e. The number of ether oxygens (including phenoxy) is 1. The SMILES string of the molecule is CCOC(=O)CC(NC(=O)c1cc(S(=O)(=O)N(C)C)c(Cl)cc1Cl)c1ccc(C)cc1. The highest BCUT2D eigenvalue weighted by Gasteiger charge is 2.26. The van der Waals surface area contributed by atoms with Gasteiger partial charge in [0.05, 0.1) is 34.7 Å². The Morgan fingerprint density at radius 2 is 1.71 bits per heavy atom. The van der Waals surface area contributed by atoms with E-state index in [9.17, 15) is 18.0 Å². The monoisotopic (exact) mass is 486 g/mol. The number of halogens is 2. The lowest BCUT2D eigenvalue weighted by molar-refractivity contribution is -0.143. The molecular weight excluding hydrogens is 463 g/mol. The molecule has 0 aliphatic rings. The third kappa shape index (κ3) is 6.20. The number of carbonyl (C=O) groups is 2. The Morgan fingerprint density at radius 3 is 2.26 bits per heavy atom. The van der Waals surface area contributed by atoms with Crippen LogP contribution in [0.15, 0.2) is 41.3 Å². The average Bonchev–Trinajstić information content (AvgIpc) is 2.67. The van der Waals surface area contributed by atoms with E-state index < -0.39 is 27.9 Å². The lowest BCUT2D eigenvalue weighted by Gasteiger charge is -2.20. The molecule has 168 valence electrons. The van der Waals surface area contributed by atoms with Crippen LogP contribution in [0, 0.1) is 6.92 Å². The van der Waals surface area contributed by atoms with E-state index in [2.05, 4.69) is 5.32 Å². The van der Waals surface area contributed by atoms with Gasteiger partial charge in [-0.05, 0) is 31.5 Å². The normalized spacial score (nSPS) is 12.5. The summed E-state index contributed by atoms with van der Waals surface area (Å²) in [6.45, 7) is 3.82. The molecule has 0 bridgehead atoms. The van der Waals surface area contributed by atoms with Gasteiger partial charge in [0.1, 0.15) is 4.90 Å². The summed E-state index contributed by atoms with van der Waals surface area (Å²) in [5.41, 5.74) is 1.63. The molecule has 0 aliphatic carbocycles. The second-order valence-corrected chi connectivity index (χ2v) is 9.93. The van der Waals surface area contributed by atoms with Gasteiger partial charge in [0.25, 0.3) is 5.91 Å². The van der Waals surface area contributed by atoms with Crippen molar-refractivity contribution >= 4 is 45.1 Å². The maximum atomic E-state index is 13.0. The third-order valence-corrected chi connectivity index (χ3v) is 7.08. The van der Waals surface area contributed by atoms with Crippen LogP contribution in [-0.4, -0.2) is 45.3 Å². The lowest BCUT2D eigenvalue weighted by Crippen LogP contribution is -2.31. The highest BCUT2D eigenvalue weighted by atomic mass is 35.5. The zero-order valence-electron chi connectivity index (χ0n) is 17.6. The van der Waals surface area contributed by atoms with Crippen LogP contribution in [-0.2, 0) is 19.6 Å². The number of nitrogens with zero attached hydrogens (tertiary/aromatic N) is 1. The minimum atomic E-state index is -3.90. The molecule has 0 aromatic heterocycles. The highest BCUT2D eigenvalue weighted by Crippen LogP contribution is 2.30. The Kier molecular flexibility index (Phi) is 8.48. The van der Waals surface area contributed by atoms with Crippen LogP contribution in [0.4, 0.5) is 0 Å². The molecule has 2 rings (SSSR count). The molecule has 0 saturated carbocycles. The van der Waals surface area contributed by atoms with Crippen LogP contribution in [0.3, 0.4) is 0 Å². The van der Waals surface area contributed by atoms with Crippen LogP contribution < -0.4 is 5.32 Å². The van der Waals surface area contributed by atoms with Crippen molar-refractivity contribution in [3.8, 4) is 0 Å². The van der Waals surface area contributed by atoms with E-state index in [-0.39, 0.29) is 33.5 Å². The standard InChI is InChI=1S/C21H24Cl2N2O5S/c1-5-30-20(26)12-18(14-8-6-13(2)7-9-14)24-21(27)15-10-19(17(23)11-16(15)22)31(28,29)25(3)4/h6-11,18H,5,12H2,1-4H3,(H,24,27). The zero-order valence-corrected chi connectivity index (χ0v) is 19.9. The Balaban J connectivity index is 2.42. The Bertz CT molecular complexity index is 1070. The van der Waals surface area contributed by atoms with E-state index in [1.807, 2.05) is 19.1 Å². The van der Waals surface area contributed by atoms with Crippen molar-refractivity contribution in [2.24, 2.45) is 0 Å². The molecule has 7 nitrogen and oxygen atoms in total. The van der Waals surface area contributed by atoms with E-state index in [1.54, 1.807) is 19.1 Å². The molecule has 2 aromatic carbocycles. The molecule has 0 spiro atoms. The van der Waals surface area contributed by atoms with Gasteiger partial charge in [0.15, 0.2) is 0 Å². The number of benzene rings is 2. The first-order valence-corrected chi connectivity index (χ1v) is 11.6. The van der Waals surface area contributed by atoms with Gasteiger partial charge in [0, 0.05) is 14.1 Å². The fourth-order valence-corrected chi connectivity index (χ4v) is 4.50. The molecule has 2 aromatic rings. The molecule has 1 unspecified atom stereocenters. The number of aryl methyl sites for hydroxylation is 1. The predicted molar refractivity (Wildman–Crippen MR) is 120 cm³/mol. The maximum absolute atomic E-state index is 13.0. The molecular formula is C21H24Cl2N2O5S. The Labute approximate surface area is 192 Å². The summed E-state index contributed by atoms with van der Waals surface area (Å²) in [5.74, 6) is -1.13. The van der Waals surface area contributed by atoms with Crippen molar-refractivity contribution in [3.05, 3.63) is 63.1 Å². The highest BCUT2D eigenvalue weighted by molar-refractivity contribution is 7.89. The van der Waals surface area contributed by atoms with Crippen LogP contribution >= 0.6 is 23.2 Å². The molecule has 31 heavy (non-hydrogen) atoms. The quantitative estimate of drug-likeness (QED) is 0.569. The summed E-state index contributed by atoms with van der Waals surface area (Å²) in [4.78, 5) is 24.9. The Morgan fingerprint density at radius 1 is 1.10 bits per heavy atom. The predicted octanol–water partition coefficient (Wildman–Crippen LogP) is 3.98. The first-order valence-electron chi connectivity index (χ1n) is 9.42. The van der Waals surface area contributed by atoms with Gasteiger partial charge in [-0.2, -0.15) is 0 Å². The first kappa shape index (κ1) is 25.1. The van der Waals surface area contributed by atoms with Crippen LogP contribution in [0.5, 0.6) is 0 Å². The number of carbonyl (C=O) groups excluding carboxylic acids is 2.